The van der Waals surface area contributed by atoms with Crippen molar-refractivity contribution in [3.63, 3.8) is 0 Å². The Bertz CT molecular complexity index is 631. The predicted octanol–water partition coefficient (Wildman–Crippen LogP) is 3.29. The fourth-order valence-corrected chi connectivity index (χ4v) is 3.94. The van der Waals surface area contributed by atoms with Crippen LogP contribution in [0.25, 0.3) is 0 Å². The molecule has 0 amide bonds. The monoisotopic (exact) mass is 304 g/mol. The molecule has 6 heteroatoms. The zero-order valence-corrected chi connectivity index (χ0v) is 12.2. The molecule has 1 N–H and O–H groups in total. The fourth-order valence-electron chi connectivity index (χ4n) is 1.92. The molecule has 0 spiro atoms. The Kier molecular flexibility index (Phi) is 3.84. The van der Waals surface area contributed by atoms with Crippen LogP contribution in [-0.4, -0.2) is 21.9 Å². The molecular formula is C14H12N2O2S2. The molecule has 1 aliphatic heterocycles. The molecule has 2 aromatic rings. The quantitative estimate of drug-likeness (QED) is 0.875. The molecule has 0 radical (unpaired) electrons. The van der Waals surface area contributed by atoms with E-state index in [0.29, 0.717) is 0 Å². The number of benzene rings is 1. The minimum atomic E-state index is -0.804. The summed E-state index contributed by atoms with van der Waals surface area (Å²) >= 11 is 3.37. The number of anilines is 1. The third-order valence-corrected chi connectivity index (χ3v) is 5.00. The van der Waals surface area contributed by atoms with Crippen LogP contribution in [0.2, 0.25) is 0 Å². The summed E-state index contributed by atoms with van der Waals surface area (Å²) in [6, 6.07) is 11.7. The molecule has 2 heterocycles. The Morgan fingerprint density at radius 3 is 2.90 bits per heavy atom. The first-order valence-corrected chi connectivity index (χ1v) is 7.82. The van der Waals surface area contributed by atoms with E-state index >= 15 is 0 Å². The van der Waals surface area contributed by atoms with Gasteiger partial charge in [-0.15, -0.1) is 0 Å². The van der Waals surface area contributed by atoms with Crippen molar-refractivity contribution in [1.82, 2.24) is 4.98 Å². The molecule has 4 nitrogen and oxygen atoms in total. The molecular weight excluding hydrogens is 292 g/mol. The van der Waals surface area contributed by atoms with E-state index in [-0.39, 0.29) is 6.42 Å². The minimum absolute atomic E-state index is 0.0667. The number of fused-ring (bicyclic) bond motifs is 1. The van der Waals surface area contributed by atoms with Gasteiger partial charge in [0.1, 0.15) is 5.03 Å². The van der Waals surface area contributed by atoms with Gasteiger partial charge < -0.3 is 5.11 Å². The lowest BCUT2D eigenvalue weighted by Crippen LogP contribution is -2.08. The van der Waals surface area contributed by atoms with Gasteiger partial charge in [0.05, 0.1) is 18.0 Å². The summed E-state index contributed by atoms with van der Waals surface area (Å²) in [5.41, 5.74) is 1.96. The van der Waals surface area contributed by atoms with Crippen molar-refractivity contribution in [2.24, 2.45) is 0 Å². The Balaban J connectivity index is 1.71. The van der Waals surface area contributed by atoms with Gasteiger partial charge in [0.2, 0.25) is 0 Å². The van der Waals surface area contributed by atoms with Gasteiger partial charge in [-0.25, -0.2) is 4.98 Å². The lowest BCUT2D eigenvalue weighted by atomic mass is 10.2. The number of aliphatic carboxylic acids is 1. The molecule has 0 aliphatic carbocycles. The number of carbonyl (C=O) groups is 1. The fraction of sp³-hybridized carbons (Fsp3) is 0.143. The van der Waals surface area contributed by atoms with Gasteiger partial charge in [0.15, 0.2) is 0 Å². The van der Waals surface area contributed by atoms with E-state index in [1.54, 1.807) is 29.9 Å². The maximum atomic E-state index is 10.6. The summed E-state index contributed by atoms with van der Waals surface area (Å²) in [4.78, 5) is 16.1. The van der Waals surface area contributed by atoms with Gasteiger partial charge in [0.25, 0.3) is 0 Å². The van der Waals surface area contributed by atoms with Crippen molar-refractivity contribution >= 4 is 35.4 Å². The van der Waals surface area contributed by atoms with Crippen LogP contribution in [0, 0.1) is 0 Å². The second-order valence-corrected chi connectivity index (χ2v) is 6.31. The summed E-state index contributed by atoms with van der Waals surface area (Å²) in [6.07, 6.45) is 1.87. The number of hydrogen-bond acceptors (Lipinski definition) is 5. The normalized spacial score (nSPS) is 13.3. The van der Waals surface area contributed by atoms with Crippen LogP contribution in [0.4, 0.5) is 5.69 Å². The molecule has 0 saturated carbocycles. The SMILES string of the molecule is O=C(O)Cc1ccc(SN2CSc3ncccc32)cc1. The number of pyridine rings is 1. The van der Waals surface area contributed by atoms with E-state index in [2.05, 4.69) is 15.4 Å². The minimum Gasteiger partial charge on any atom is -0.481 e. The van der Waals surface area contributed by atoms with Crippen molar-refractivity contribution in [1.29, 1.82) is 0 Å². The highest BCUT2D eigenvalue weighted by Crippen LogP contribution is 2.42. The predicted molar refractivity (Wildman–Crippen MR) is 81.1 cm³/mol. The summed E-state index contributed by atoms with van der Waals surface area (Å²) < 4.78 is 2.19. The highest BCUT2D eigenvalue weighted by molar-refractivity contribution is 8.04. The van der Waals surface area contributed by atoms with Gasteiger partial charge in [-0.3, -0.25) is 9.10 Å². The summed E-state index contributed by atoms with van der Waals surface area (Å²) in [7, 11) is 0. The van der Waals surface area contributed by atoms with Crippen LogP contribution in [0.5, 0.6) is 0 Å². The second kappa shape index (κ2) is 5.76. The van der Waals surface area contributed by atoms with Crippen LogP contribution in [0.15, 0.2) is 52.5 Å². The standard InChI is InChI=1S/C14H12N2O2S2/c17-13(18)8-10-3-5-11(6-4-10)20-16-9-19-14-12(16)2-1-7-15-14/h1-7H,8-9H2,(H,17,18). The molecule has 0 saturated heterocycles. The van der Waals surface area contributed by atoms with E-state index in [4.69, 9.17) is 5.11 Å². The van der Waals surface area contributed by atoms with Gasteiger partial charge in [-0.05, 0) is 41.8 Å². The molecule has 0 fully saturated rings. The van der Waals surface area contributed by atoms with E-state index in [1.165, 1.54) is 0 Å². The van der Waals surface area contributed by atoms with E-state index in [1.807, 2.05) is 30.3 Å². The number of carboxylic acids is 1. The molecule has 1 aliphatic rings. The first kappa shape index (κ1) is 13.3. The molecule has 0 bridgehead atoms. The Hall–Kier alpha value is -1.66. The van der Waals surface area contributed by atoms with Gasteiger partial charge in [0, 0.05) is 11.1 Å². The van der Waals surface area contributed by atoms with Crippen LogP contribution < -0.4 is 4.31 Å². The first-order valence-electron chi connectivity index (χ1n) is 6.06. The molecule has 0 atom stereocenters. The van der Waals surface area contributed by atoms with Gasteiger partial charge in [-0.2, -0.15) is 0 Å². The van der Waals surface area contributed by atoms with Crippen molar-refractivity contribution in [3.05, 3.63) is 48.2 Å². The summed E-state index contributed by atoms with van der Waals surface area (Å²) in [6.45, 7) is 0. The average Bonchev–Trinajstić information content (AvgIpc) is 2.84. The van der Waals surface area contributed by atoms with Gasteiger partial charge in [-0.1, -0.05) is 23.9 Å². The number of rotatable bonds is 4. The third kappa shape index (κ3) is 2.91. The van der Waals surface area contributed by atoms with E-state index in [9.17, 15) is 4.79 Å². The molecule has 3 rings (SSSR count). The van der Waals surface area contributed by atoms with E-state index in [0.717, 1.165) is 27.0 Å². The molecule has 102 valence electrons. The lowest BCUT2D eigenvalue weighted by molar-refractivity contribution is -0.136. The largest absolute Gasteiger partial charge is 0.481 e. The molecule has 1 aromatic heterocycles. The Labute approximate surface area is 125 Å². The number of aromatic nitrogens is 1. The Morgan fingerprint density at radius 1 is 1.35 bits per heavy atom. The summed E-state index contributed by atoms with van der Waals surface area (Å²) in [5.74, 6) is 0.0646. The van der Waals surface area contributed by atoms with Crippen molar-refractivity contribution in [3.8, 4) is 0 Å². The molecule has 20 heavy (non-hydrogen) atoms. The highest BCUT2D eigenvalue weighted by atomic mass is 32.2. The highest BCUT2D eigenvalue weighted by Gasteiger charge is 2.21. The van der Waals surface area contributed by atoms with Crippen LogP contribution in [-0.2, 0) is 11.2 Å². The van der Waals surface area contributed by atoms with Crippen LogP contribution in [0.3, 0.4) is 0 Å². The van der Waals surface area contributed by atoms with Crippen molar-refractivity contribution in [2.45, 2.75) is 16.3 Å². The van der Waals surface area contributed by atoms with E-state index < -0.39 is 5.97 Å². The van der Waals surface area contributed by atoms with Crippen LogP contribution in [0.1, 0.15) is 5.56 Å². The Morgan fingerprint density at radius 2 is 2.15 bits per heavy atom. The topological polar surface area (TPSA) is 53.4 Å². The first-order chi connectivity index (χ1) is 9.72. The van der Waals surface area contributed by atoms with Gasteiger partial charge >= 0.3 is 5.97 Å². The summed E-state index contributed by atoms with van der Waals surface area (Å²) in [5, 5.41) is 9.81. The smallest absolute Gasteiger partial charge is 0.307 e. The number of carboxylic acid groups (broad SMARTS) is 1. The maximum absolute atomic E-state index is 10.6. The number of thioether (sulfide) groups is 1. The van der Waals surface area contributed by atoms with Crippen LogP contribution >= 0.6 is 23.7 Å². The maximum Gasteiger partial charge on any atom is 0.307 e. The molecule has 0 unspecified atom stereocenters. The lowest BCUT2D eigenvalue weighted by Gasteiger charge is -2.16. The zero-order chi connectivity index (χ0) is 13.9. The number of nitrogens with zero attached hydrogens (tertiary/aromatic N) is 2. The van der Waals surface area contributed by atoms with Crippen molar-refractivity contribution < 1.29 is 9.90 Å². The number of hydrogen-bond donors (Lipinski definition) is 1. The molecule has 1 aromatic carbocycles. The third-order valence-electron chi connectivity index (χ3n) is 2.83. The van der Waals surface area contributed by atoms with Crippen molar-refractivity contribution in [2.75, 3.05) is 10.2 Å². The average molecular weight is 304 g/mol. The second-order valence-electron chi connectivity index (χ2n) is 4.29. The zero-order valence-electron chi connectivity index (χ0n) is 10.5.